The number of aromatic nitrogens is 1. The van der Waals surface area contributed by atoms with Crippen molar-refractivity contribution in [3.8, 4) is 0 Å². The predicted molar refractivity (Wildman–Crippen MR) is 90.4 cm³/mol. The number of aryl methyl sites for hydroxylation is 2. The van der Waals surface area contributed by atoms with Crippen molar-refractivity contribution in [3.63, 3.8) is 0 Å². The number of amides is 1. The van der Waals surface area contributed by atoms with Crippen LogP contribution in [0.3, 0.4) is 0 Å². The lowest BCUT2D eigenvalue weighted by molar-refractivity contribution is -0.117. The Morgan fingerprint density at radius 3 is 2.43 bits per heavy atom. The molecule has 0 aliphatic heterocycles. The van der Waals surface area contributed by atoms with E-state index in [-0.39, 0.29) is 6.04 Å². The molecule has 0 fully saturated rings. The number of benzene rings is 1. The summed E-state index contributed by atoms with van der Waals surface area (Å²) in [7, 11) is 5.67. The van der Waals surface area contributed by atoms with Crippen LogP contribution in [-0.2, 0) is 11.8 Å². The lowest BCUT2D eigenvalue weighted by Gasteiger charge is -2.26. The highest BCUT2D eigenvalue weighted by molar-refractivity contribution is 6.42. The molecule has 0 saturated heterocycles. The minimum absolute atomic E-state index is 0.0152. The van der Waals surface area contributed by atoms with Gasteiger partial charge in [0.15, 0.2) is 0 Å². The van der Waals surface area contributed by atoms with Crippen molar-refractivity contribution >= 4 is 11.7 Å². The fourth-order valence-corrected chi connectivity index (χ4v) is 2.61. The Kier molecular flexibility index (Phi) is 5.34. The standard InChI is InChI=1S/C18H23N3O2/c1-13-8-5-6-9-14(13)16(20(2)3)12-19-18(23)17(22)15-10-7-11-21(15)4/h5-11,16H,12H2,1-4H3,(H,19,23). The van der Waals surface area contributed by atoms with E-state index in [1.54, 1.807) is 29.9 Å². The monoisotopic (exact) mass is 313 g/mol. The molecular weight excluding hydrogens is 290 g/mol. The molecule has 1 atom stereocenters. The topological polar surface area (TPSA) is 54.3 Å². The number of nitrogens with one attached hydrogen (secondary N) is 1. The molecule has 1 heterocycles. The number of carbonyl (C=O) groups excluding carboxylic acids is 2. The van der Waals surface area contributed by atoms with Gasteiger partial charge in [0, 0.05) is 19.8 Å². The van der Waals surface area contributed by atoms with Crippen LogP contribution in [0.2, 0.25) is 0 Å². The second-order valence-electron chi connectivity index (χ2n) is 5.88. The van der Waals surface area contributed by atoms with Gasteiger partial charge in [-0.2, -0.15) is 0 Å². The third kappa shape index (κ3) is 3.87. The Balaban J connectivity index is 2.08. The van der Waals surface area contributed by atoms with Gasteiger partial charge in [-0.1, -0.05) is 24.3 Å². The Labute approximate surface area is 136 Å². The molecule has 0 saturated carbocycles. The molecule has 2 rings (SSSR count). The molecule has 0 spiro atoms. The van der Waals surface area contributed by atoms with E-state index in [2.05, 4.69) is 5.32 Å². The Morgan fingerprint density at radius 2 is 1.87 bits per heavy atom. The Hall–Kier alpha value is -2.40. The summed E-state index contributed by atoms with van der Waals surface area (Å²) < 4.78 is 1.65. The maximum Gasteiger partial charge on any atom is 0.294 e. The molecule has 122 valence electrons. The first kappa shape index (κ1) is 17.0. The van der Waals surface area contributed by atoms with Crippen LogP contribution in [0, 0.1) is 6.92 Å². The fraction of sp³-hybridized carbons (Fsp3) is 0.333. The summed E-state index contributed by atoms with van der Waals surface area (Å²) >= 11 is 0. The van der Waals surface area contributed by atoms with Gasteiger partial charge in [-0.05, 0) is 44.3 Å². The molecular formula is C18H23N3O2. The Morgan fingerprint density at radius 1 is 1.17 bits per heavy atom. The Bertz CT molecular complexity index is 704. The first-order valence-electron chi connectivity index (χ1n) is 7.57. The third-order valence-electron chi connectivity index (χ3n) is 4.01. The van der Waals surface area contributed by atoms with E-state index in [9.17, 15) is 9.59 Å². The second kappa shape index (κ2) is 7.24. The molecule has 1 unspecified atom stereocenters. The maximum absolute atomic E-state index is 12.2. The highest BCUT2D eigenvalue weighted by Gasteiger charge is 2.21. The second-order valence-corrected chi connectivity index (χ2v) is 5.88. The lowest BCUT2D eigenvalue weighted by Crippen LogP contribution is -2.38. The summed E-state index contributed by atoms with van der Waals surface area (Å²) in [6.45, 7) is 2.43. The van der Waals surface area contributed by atoms with E-state index in [1.165, 1.54) is 0 Å². The van der Waals surface area contributed by atoms with Crippen molar-refractivity contribution < 1.29 is 9.59 Å². The smallest absolute Gasteiger partial charge is 0.294 e. The summed E-state index contributed by atoms with van der Waals surface area (Å²) in [6, 6.07) is 11.5. The van der Waals surface area contributed by atoms with Crippen molar-refractivity contribution in [1.82, 2.24) is 14.8 Å². The van der Waals surface area contributed by atoms with Gasteiger partial charge < -0.3 is 14.8 Å². The molecule has 1 amide bonds. The van der Waals surface area contributed by atoms with Crippen molar-refractivity contribution in [2.24, 2.45) is 7.05 Å². The number of rotatable bonds is 6. The minimum Gasteiger partial charge on any atom is -0.348 e. The zero-order valence-electron chi connectivity index (χ0n) is 14.0. The van der Waals surface area contributed by atoms with Crippen molar-refractivity contribution in [1.29, 1.82) is 0 Å². The summed E-state index contributed by atoms with van der Waals surface area (Å²) in [4.78, 5) is 26.3. The predicted octanol–water partition coefficient (Wildman–Crippen LogP) is 1.94. The summed E-state index contributed by atoms with van der Waals surface area (Å²) in [5.41, 5.74) is 2.69. The van der Waals surface area contributed by atoms with Crippen LogP contribution in [-0.4, -0.2) is 41.8 Å². The van der Waals surface area contributed by atoms with Gasteiger partial charge in [-0.15, -0.1) is 0 Å². The van der Waals surface area contributed by atoms with Gasteiger partial charge in [0.2, 0.25) is 0 Å². The molecule has 1 N–H and O–H groups in total. The maximum atomic E-state index is 12.2. The largest absolute Gasteiger partial charge is 0.348 e. The van der Waals surface area contributed by atoms with Crippen LogP contribution in [0.5, 0.6) is 0 Å². The highest BCUT2D eigenvalue weighted by Crippen LogP contribution is 2.20. The number of hydrogen-bond donors (Lipinski definition) is 1. The number of Topliss-reactive ketones (excluding diaryl/α,β-unsaturated/α-hetero) is 1. The molecule has 5 nitrogen and oxygen atoms in total. The van der Waals surface area contributed by atoms with Crippen LogP contribution in [0.4, 0.5) is 0 Å². The van der Waals surface area contributed by atoms with E-state index in [0.717, 1.165) is 11.1 Å². The van der Waals surface area contributed by atoms with Gasteiger partial charge in [0.25, 0.3) is 11.7 Å². The molecule has 23 heavy (non-hydrogen) atoms. The summed E-state index contributed by atoms with van der Waals surface area (Å²) in [6.07, 6.45) is 1.75. The molecule has 0 aliphatic carbocycles. The van der Waals surface area contributed by atoms with Gasteiger partial charge >= 0.3 is 0 Å². The number of nitrogens with zero attached hydrogens (tertiary/aromatic N) is 2. The first-order valence-corrected chi connectivity index (χ1v) is 7.57. The zero-order valence-corrected chi connectivity index (χ0v) is 14.0. The zero-order chi connectivity index (χ0) is 17.0. The van der Waals surface area contributed by atoms with Gasteiger partial charge in [-0.3, -0.25) is 9.59 Å². The number of hydrogen-bond acceptors (Lipinski definition) is 3. The molecule has 0 bridgehead atoms. The number of carbonyl (C=O) groups is 2. The van der Waals surface area contributed by atoms with E-state index in [4.69, 9.17) is 0 Å². The van der Waals surface area contributed by atoms with Crippen LogP contribution >= 0.6 is 0 Å². The molecule has 1 aromatic carbocycles. The van der Waals surface area contributed by atoms with Crippen LogP contribution in [0.25, 0.3) is 0 Å². The minimum atomic E-state index is -0.577. The average Bonchev–Trinajstić information content (AvgIpc) is 2.94. The van der Waals surface area contributed by atoms with Gasteiger partial charge in [-0.25, -0.2) is 0 Å². The highest BCUT2D eigenvalue weighted by atomic mass is 16.2. The normalized spacial score (nSPS) is 12.2. The number of ketones is 1. The van der Waals surface area contributed by atoms with Crippen molar-refractivity contribution in [2.75, 3.05) is 20.6 Å². The van der Waals surface area contributed by atoms with Crippen LogP contribution in [0.1, 0.15) is 27.7 Å². The van der Waals surface area contributed by atoms with E-state index in [1.807, 2.05) is 50.2 Å². The quantitative estimate of drug-likeness (QED) is 0.655. The van der Waals surface area contributed by atoms with Crippen LogP contribution < -0.4 is 5.32 Å². The number of likely N-dealkylation sites (N-methyl/N-ethyl adjacent to an activating group) is 1. The average molecular weight is 313 g/mol. The van der Waals surface area contributed by atoms with E-state index >= 15 is 0 Å². The van der Waals surface area contributed by atoms with E-state index < -0.39 is 11.7 Å². The fourth-order valence-electron chi connectivity index (χ4n) is 2.61. The van der Waals surface area contributed by atoms with E-state index in [0.29, 0.717) is 12.2 Å². The first-order chi connectivity index (χ1) is 10.9. The van der Waals surface area contributed by atoms with Crippen molar-refractivity contribution in [2.45, 2.75) is 13.0 Å². The molecule has 0 aliphatic rings. The van der Waals surface area contributed by atoms with Crippen LogP contribution in [0.15, 0.2) is 42.6 Å². The molecule has 0 radical (unpaired) electrons. The van der Waals surface area contributed by atoms with Crippen molar-refractivity contribution in [3.05, 3.63) is 59.4 Å². The molecule has 2 aromatic rings. The molecule has 1 aromatic heterocycles. The molecule has 5 heteroatoms. The summed E-state index contributed by atoms with van der Waals surface area (Å²) in [5, 5.41) is 2.76. The lowest BCUT2D eigenvalue weighted by atomic mass is 10.0. The summed E-state index contributed by atoms with van der Waals surface area (Å²) in [5.74, 6) is -1.09. The SMILES string of the molecule is Cc1ccccc1C(CNC(=O)C(=O)c1cccn1C)N(C)C. The van der Waals surface area contributed by atoms with Gasteiger partial charge in [0.05, 0.1) is 11.7 Å². The van der Waals surface area contributed by atoms with Gasteiger partial charge in [0.1, 0.15) is 0 Å². The third-order valence-corrected chi connectivity index (χ3v) is 4.01.